The molecule has 2 heterocycles. The minimum absolute atomic E-state index is 0.137. The van der Waals surface area contributed by atoms with Gasteiger partial charge in [0.05, 0.1) is 0 Å². The smallest absolute Gasteiger partial charge is 0.253 e. The second kappa shape index (κ2) is 8.11. The van der Waals surface area contributed by atoms with Gasteiger partial charge in [-0.25, -0.2) is 0 Å². The zero-order chi connectivity index (χ0) is 18.6. The first-order chi connectivity index (χ1) is 13.2. The van der Waals surface area contributed by atoms with E-state index in [1.807, 2.05) is 59.5 Å². The number of piperazine rings is 2. The Labute approximate surface area is 161 Å². The van der Waals surface area contributed by atoms with Crippen LogP contribution in [0.4, 0.5) is 0 Å². The molecule has 2 aliphatic heterocycles. The molecular weight excluding hydrogens is 338 g/mol. The molecule has 2 aliphatic rings. The van der Waals surface area contributed by atoms with Crippen LogP contribution in [0.5, 0.6) is 5.75 Å². The van der Waals surface area contributed by atoms with Crippen LogP contribution in [0.3, 0.4) is 0 Å². The number of nitrogens with zero attached hydrogens (tertiary/aromatic N) is 3. The molecule has 2 aromatic rings. The normalized spacial score (nSPS) is 20.9. The zero-order valence-corrected chi connectivity index (χ0v) is 15.9. The van der Waals surface area contributed by atoms with E-state index in [1.165, 1.54) is 0 Å². The van der Waals surface area contributed by atoms with E-state index in [2.05, 4.69) is 16.8 Å². The van der Waals surface area contributed by atoms with Crippen molar-refractivity contribution in [2.45, 2.75) is 12.6 Å². The fourth-order valence-corrected chi connectivity index (χ4v) is 3.90. The molecule has 0 unspecified atom stereocenters. The number of hydrogen-bond donors (Lipinski definition) is 0. The van der Waals surface area contributed by atoms with Crippen LogP contribution in [0.2, 0.25) is 0 Å². The summed E-state index contributed by atoms with van der Waals surface area (Å²) in [7, 11) is 2.16. The van der Waals surface area contributed by atoms with Crippen LogP contribution in [-0.4, -0.2) is 73.0 Å². The standard InChI is InChI=1S/C22H27N3O2/c1-23-11-12-24-13-14-25(16-20(24)15-23)22(26)19-9-7-18(8-10-19)17-27-21-5-3-2-4-6-21/h2-10,20H,11-17H2,1H3/t20-/m1/s1. The van der Waals surface area contributed by atoms with Crippen LogP contribution in [0.15, 0.2) is 54.6 Å². The lowest BCUT2D eigenvalue weighted by Gasteiger charge is -2.46. The Morgan fingerprint density at radius 2 is 1.70 bits per heavy atom. The predicted octanol–water partition coefficient (Wildman–Crippen LogP) is 2.34. The van der Waals surface area contributed by atoms with E-state index in [-0.39, 0.29) is 5.91 Å². The summed E-state index contributed by atoms with van der Waals surface area (Å²) in [5, 5.41) is 0. The molecule has 0 aliphatic carbocycles. The van der Waals surface area contributed by atoms with Crippen LogP contribution < -0.4 is 4.74 Å². The molecule has 2 saturated heterocycles. The van der Waals surface area contributed by atoms with Gasteiger partial charge in [0.1, 0.15) is 12.4 Å². The van der Waals surface area contributed by atoms with Gasteiger partial charge in [-0.3, -0.25) is 9.69 Å². The van der Waals surface area contributed by atoms with Gasteiger partial charge >= 0.3 is 0 Å². The fourth-order valence-electron chi connectivity index (χ4n) is 3.90. The first-order valence-corrected chi connectivity index (χ1v) is 9.68. The largest absolute Gasteiger partial charge is 0.489 e. The summed E-state index contributed by atoms with van der Waals surface area (Å²) in [6, 6.07) is 18.1. The molecule has 1 atom stereocenters. The minimum atomic E-state index is 0.137. The van der Waals surface area contributed by atoms with Gasteiger partial charge in [-0.05, 0) is 36.9 Å². The van der Waals surface area contributed by atoms with Gasteiger partial charge in [0.2, 0.25) is 0 Å². The molecule has 0 aromatic heterocycles. The third-order valence-corrected chi connectivity index (χ3v) is 5.53. The fraction of sp³-hybridized carbons (Fsp3) is 0.409. The van der Waals surface area contributed by atoms with Crippen LogP contribution >= 0.6 is 0 Å². The van der Waals surface area contributed by atoms with Crippen molar-refractivity contribution in [1.82, 2.24) is 14.7 Å². The number of hydrogen-bond acceptors (Lipinski definition) is 4. The Morgan fingerprint density at radius 1 is 0.963 bits per heavy atom. The van der Waals surface area contributed by atoms with Gasteiger partial charge in [0.15, 0.2) is 0 Å². The second-order valence-electron chi connectivity index (χ2n) is 7.50. The summed E-state index contributed by atoms with van der Waals surface area (Å²) in [4.78, 5) is 19.8. The van der Waals surface area contributed by atoms with Crippen molar-refractivity contribution in [3.05, 3.63) is 65.7 Å². The summed E-state index contributed by atoms with van der Waals surface area (Å²) in [5.41, 5.74) is 1.82. The molecule has 1 amide bonds. The average Bonchev–Trinajstić information content (AvgIpc) is 2.72. The highest BCUT2D eigenvalue weighted by Gasteiger charge is 2.32. The molecular formula is C22H27N3O2. The van der Waals surface area contributed by atoms with Crippen molar-refractivity contribution in [3.63, 3.8) is 0 Å². The molecule has 2 aromatic carbocycles. The molecule has 0 bridgehead atoms. The molecule has 27 heavy (non-hydrogen) atoms. The summed E-state index contributed by atoms with van der Waals surface area (Å²) >= 11 is 0. The van der Waals surface area contributed by atoms with E-state index in [0.29, 0.717) is 12.6 Å². The highest BCUT2D eigenvalue weighted by atomic mass is 16.5. The number of likely N-dealkylation sites (N-methyl/N-ethyl adjacent to an activating group) is 1. The highest BCUT2D eigenvalue weighted by Crippen LogP contribution is 2.18. The number of rotatable bonds is 4. The van der Waals surface area contributed by atoms with E-state index in [4.69, 9.17) is 4.74 Å². The Morgan fingerprint density at radius 3 is 2.48 bits per heavy atom. The van der Waals surface area contributed by atoms with Gasteiger partial charge in [-0.1, -0.05) is 30.3 Å². The Hall–Kier alpha value is -2.37. The SMILES string of the molecule is CN1CCN2CCN(C(=O)c3ccc(COc4ccccc4)cc3)C[C@H]2C1. The van der Waals surface area contributed by atoms with E-state index in [9.17, 15) is 4.79 Å². The molecule has 142 valence electrons. The number of fused-ring (bicyclic) bond motifs is 1. The van der Waals surface area contributed by atoms with Crippen molar-refractivity contribution in [3.8, 4) is 5.75 Å². The predicted molar refractivity (Wildman–Crippen MR) is 106 cm³/mol. The van der Waals surface area contributed by atoms with Crippen LogP contribution in [-0.2, 0) is 6.61 Å². The van der Waals surface area contributed by atoms with Crippen LogP contribution in [0, 0.1) is 0 Å². The van der Waals surface area contributed by atoms with Gasteiger partial charge in [-0.2, -0.15) is 0 Å². The highest BCUT2D eigenvalue weighted by molar-refractivity contribution is 5.94. The van der Waals surface area contributed by atoms with Crippen molar-refractivity contribution >= 4 is 5.91 Å². The number of ether oxygens (including phenoxy) is 1. The lowest BCUT2D eigenvalue weighted by Crippen LogP contribution is -2.62. The number of carbonyl (C=O) groups excluding carboxylic acids is 1. The Bertz CT molecular complexity index is 763. The molecule has 0 radical (unpaired) electrons. The van der Waals surface area contributed by atoms with E-state index >= 15 is 0 Å². The quantitative estimate of drug-likeness (QED) is 0.833. The maximum atomic E-state index is 12.9. The van der Waals surface area contributed by atoms with Crippen LogP contribution in [0.1, 0.15) is 15.9 Å². The Kier molecular flexibility index (Phi) is 5.41. The summed E-state index contributed by atoms with van der Waals surface area (Å²) < 4.78 is 5.77. The van der Waals surface area contributed by atoms with Crippen molar-refractivity contribution in [1.29, 1.82) is 0 Å². The zero-order valence-electron chi connectivity index (χ0n) is 15.9. The summed E-state index contributed by atoms with van der Waals surface area (Å²) in [6.45, 7) is 6.40. The number of carbonyl (C=O) groups is 1. The van der Waals surface area contributed by atoms with Crippen molar-refractivity contribution < 1.29 is 9.53 Å². The third kappa shape index (κ3) is 4.31. The van der Waals surface area contributed by atoms with Crippen molar-refractivity contribution in [2.24, 2.45) is 0 Å². The van der Waals surface area contributed by atoms with Gasteiger partial charge in [-0.15, -0.1) is 0 Å². The molecule has 5 heteroatoms. The van der Waals surface area contributed by atoms with E-state index in [0.717, 1.165) is 56.1 Å². The van der Waals surface area contributed by atoms with Crippen LogP contribution in [0.25, 0.3) is 0 Å². The topological polar surface area (TPSA) is 36.0 Å². The van der Waals surface area contributed by atoms with Gasteiger partial charge in [0, 0.05) is 50.9 Å². The first-order valence-electron chi connectivity index (χ1n) is 9.68. The minimum Gasteiger partial charge on any atom is -0.489 e. The van der Waals surface area contributed by atoms with Crippen molar-refractivity contribution in [2.75, 3.05) is 46.3 Å². The monoisotopic (exact) mass is 365 g/mol. The lowest BCUT2D eigenvalue weighted by molar-refractivity contribution is 0.0190. The average molecular weight is 365 g/mol. The maximum Gasteiger partial charge on any atom is 0.253 e. The molecule has 5 nitrogen and oxygen atoms in total. The summed E-state index contributed by atoms with van der Waals surface area (Å²) in [6.07, 6.45) is 0. The van der Waals surface area contributed by atoms with E-state index < -0.39 is 0 Å². The molecule has 0 N–H and O–H groups in total. The Balaban J connectivity index is 1.35. The maximum absolute atomic E-state index is 12.9. The third-order valence-electron chi connectivity index (χ3n) is 5.53. The number of benzene rings is 2. The van der Waals surface area contributed by atoms with Gasteiger partial charge < -0.3 is 14.5 Å². The van der Waals surface area contributed by atoms with Gasteiger partial charge in [0.25, 0.3) is 5.91 Å². The lowest BCUT2D eigenvalue weighted by atomic mass is 10.1. The first kappa shape index (κ1) is 18.0. The number of amides is 1. The molecule has 0 spiro atoms. The second-order valence-corrected chi connectivity index (χ2v) is 7.50. The van der Waals surface area contributed by atoms with E-state index in [1.54, 1.807) is 0 Å². The summed E-state index contributed by atoms with van der Waals surface area (Å²) in [5.74, 6) is 0.992. The molecule has 4 rings (SSSR count). The number of para-hydroxylation sites is 1. The molecule has 2 fully saturated rings. The molecule has 0 saturated carbocycles.